The predicted molar refractivity (Wildman–Crippen MR) is 70.5 cm³/mol. The highest BCUT2D eigenvalue weighted by Gasteiger charge is 2.35. The summed E-state index contributed by atoms with van der Waals surface area (Å²) in [5, 5.41) is 3.70. The van der Waals surface area contributed by atoms with Gasteiger partial charge in [0.15, 0.2) is 5.82 Å². The van der Waals surface area contributed by atoms with E-state index in [9.17, 15) is 13.2 Å². The number of nitrogens with two attached hydrogens (primary N) is 1. The summed E-state index contributed by atoms with van der Waals surface area (Å²) >= 11 is 0. The van der Waals surface area contributed by atoms with E-state index < -0.39 is 23.2 Å². The van der Waals surface area contributed by atoms with Gasteiger partial charge in [-0.1, -0.05) is 44.1 Å². The van der Waals surface area contributed by atoms with E-state index in [1.165, 1.54) is 18.2 Å². The fourth-order valence-corrected chi connectivity index (χ4v) is 1.83. The van der Waals surface area contributed by atoms with E-state index in [2.05, 4.69) is 10.1 Å². The predicted octanol–water partition coefficient (Wildman–Crippen LogP) is 3.43. The van der Waals surface area contributed by atoms with Gasteiger partial charge in [-0.15, -0.1) is 0 Å². The minimum atomic E-state index is -4.48. The third-order valence-corrected chi connectivity index (χ3v) is 2.96. The molecule has 2 aromatic rings. The largest absolute Gasteiger partial charge is 0.416 e. The van der Waals surface area contributed by atoms with Gasteiger partial charge in [-0.25, -0.2) is 0 Å². The first-order chi connectivity index (χ1) is 9.60. The summed E-state index contributed by atoms with van der Waals surface area (Å²) in [6.45, 7) is 5.58. The molecule has 0 aliphatic carbocycles. The molecule has 7 heteroatoms. The third-order valence-electron chi connectivity index (χ3n) is 2.96. The van der Waals surface area contributed by atoms with Crippen LogP contribution in [0, 0.1) is 0 Å². The Morgan fingerprint density at radius 2 is 1.76 bits per heavy atom. The summed E-state index contributed by atoms with van der Waals surface area (Å²) in [4.78, 5) is 4.11. The van der Waals surface area contributed by atoms with E-state index >= 15 is 0 Å². The number of benzene rings is 1. The highest BCUT2D eigenvalue weighted by Crippen LogP contribution is 2.35. The molecule has 1 heterocycles. The van der Waals surface area contributed by atoms with Crippen LogP contribution in [-0.2, 0) is 11.6 Å². The van der Waals surface area contributed by atoms with Crippen molar-refractivity contribution in [1.82, 2.24) is 10.1 Å². The van der Waals surface area contributed by atoms with E-state index in [1.807, 2.05) is 20.8 Å². The Morgan fingerprint density at radius 3 is 2.29 bits per heavy atom. The number of alkyl halides is 3. The highest BCUT2D eigenvalue weighted by atomic mass is 19.4. The first kappa shape index (κ1) is 15.5. The molecule has 1 aromatic carbocycles. The van der Waals surface area contributed by atoms with E-state index in [1.54, 1.807) is 0 Å². The maximum absolute atomic E-state index is 13.0. The zero-order valence-electron chi connectivity index (χ0n) is 11.9. The number of nitrogens with zero attached hydrogens (tertiary/aromatic N) is 2. The number of rotatable bonds is 2. The van der Waals surface area contributed by atoms with Crippen LogP contribution in [0.4, 0.5) is 13.2 Å². The summed E-state index contributed by atoms with van der Waals surface area (Å²) in [5.74, 6) is 0.370. The molecule has 1 aromatic heterocycles. The lowest BCUT2D eigenvalue weighted by atomic mass is 9.96. The van der Waals surface area contributed by atoms with E-state index in [0.29, 0.717) is 5.89 Å². The molecule has 0 aliphatic heterocycles. The molecule has 114 valence electrons. The van der Waals surface area contributed by atoms with Crippen molar-refractivity contribution in [2.45, 2.75) is 38.4 Å². The van der Waals surface area contributed by atoms with Gasteiger partial charge in [0, 0.05) is 5.41 Å². The van der Waals surface area contributed by atoms with Gasteiger partial charge >= 0.3 is 6.18 Å². The Hall–Kier alpha value is -1.89. The van der Waals surface area contributed by atoms with Gasteiger partial charge in [-0.3, -0.25) is 0 Å². The molecule has 0 aliphatic rings. The molecule has 0 amide bonds. The Morgan fingerprint density at radius 1 is 1.14 bits per heavy atom. The standard InChI is InChI=1S/C14H16F3N3O/c1-13(2,3)12-19-11(20-21-12)10(18)8-6-4-5-7-9(8)14(15,16)17/h4-7,10H,18H2,1-3H3. The molecule has 0 saturated heterocycles. The van der Waals surface area contributed by atoms with E-state index in [4.69, 9.17) is 10.3 Å². The van der Waals surface area contributed by atoms with Crippen LogP contribution in [0.15, 0.2) is 28.8 Å². The summed E-state index contributed by atoms with van der Waals surface area (Å²) in [6, 6.07) is 4.02. The quantitative estimate of drug-likeness (QED) is 0.922. The fraction of sp³-hybridized carbons (Fsp3) is 0.429. The van der Waals surface area contributed by atoms with Crippen LogP contribution in [0.2, 0.25) is 0 Å². The van der Waals surface area contributed by atoms with Crippen molar-refractivity contribution in [3.8, 4) is 0 Å². The SMILES string of the molecule is CC(C)(C)c1nc(C(N)c2ccccc2C(F)(F)F)no1. The third kappa shape index (κ3) is 3.24. The van der Waals surface area contributed by atoms with Crippen molar-refractivity contribution in [3.63, 3.8) is 0 Å². The second-order valence-corrected chi connectivity index (χ2v) is 5.77. The summed E-state index contributed by atoms with van der Waals surface area (Å²) in [7, 11) is 0. The van der Waals surface area contributed by atoms with Gasteiger partial charge in [-0.05, 0) is 11.6 Å². The molecule has 0 fully saturated rings. The Kier molecular flexibility index (Phi) is 3.79. The van der Waals surface area contributed by atoms with Gasteiger partial charge in [0.2, 0.25) is 5.89 Å². The number of hydrogen-bond acceptors (Lipinski definition) is 4. The normalized spacial score (nSPS) is 14.2. The minimum absolute atomic E-state index is 0.0385. The molecule has 4 nitrogen and oxygen atoms in total. The lowest BCUT2D eigenvalue weighted by Crippen LogP contribution is -2.20. The Labute approximate surface area is 120 Å². The van der Waals surface area contributed by atoms with Crippen LogP contribution in [0.5, 0.6) is 0 Å². The summed E-state index contributed by atoms with van der Waals surface area (Å²) in [6.07, 6.45) is -4.48. The molecule has 21 heavy (non-hydrogen) atoms. The van der Waals surface area contributed by atoms with Crippen LogP contribution >= 0.6 is 0 Å². The molecular weight excluding hydrogens is 283 g/mol. The molecule has 0 bridgehead atoms. The van der Waals surface area contributed by atoms with Gasteiger partial charge in [0.1, 0.15) is 0 Å². The molecule has 0 radical (unpaired) electrons. The van der Waals surface area contributed by atoms with E-state index in [-0.39, 0.29) is 11.4 Å². The van der Waals surface area contributed by atoms with Crippen molar-refractivity contribution in [1.29, 1.82) is 0 Å². The van der Waals surface area contributed by atoms with Gasteiger partial charge < -0.3 is 10.3 Å². The van der Waals surface area contributed by atoms with Crippen LogP contribution in [0.3, 0.4) is 0 Å². The number of hydrogen-bond donors (Lipinski definition) is 1. The van der Waals surface area contributed by atoms with Crippen LogP contribution in [0.25, 0.3) is 0 Å². The minimum Gasteiger partial charge on any atom is -0.339 e. The van der Waals surface area contributed by atoms with Crippen LogP contribution in [-0.4, -0.2) is 10.1 Å². The second kappa shape index (κ2) is 5.14. The first-order valence-electron chi connectivity index (χ1n) is 6.36. The number of halogens is 3. The Balaban J connectivity index is 2.42. The highest BCUT2D eigenvalue weighted by molar-refractivity contribution is 5.35. The average molecular weight is 299 g/mol. The molecule has 0 spiro atoms. The lowest BCUT2D eigenvalue weighted by molar-refractivity contribution is -0.138. The maximum atomic E-state index is 13.0. The maximum Gasteiger partial charge on any atom is 0.416 e. The second-order valence-electron chi connectivity index (χ2n) is 5.77. The smallest absolute Gasteiger partial charge is 0.339 e. The summed E-state index contributed by atoms with van der Waals surface area (Å²) < 4.78 is 44.1. The number of aromatic nitrogens is 2. The van der Waals surface area contributed by atoms with Gasteiger partial charge in [0.05, 0.1) is 11.6 Å². The molecule has 1 unspecified atom stereocenters. The Bertz CT molecular complexity index is 629. The van der Waals surface area contributed by atoms with Crippen molar-refractivity contribution in [2.75, 3.05) is 0 Å². The fourth-order valence-electron chi connectivity index (χ4n) is 1.83. The van der Waals surface area contributed by atoms with E-state index in [0.717, 1.165) is 6.07 Å². The zero-order valence-corrected chi connectivity index (χ0v) is 11.9. The van der Waals surface area contributed by atoms with Crippen molar-refractivity contribution < 1.29 is 17.7 Å². The lowest BCUT2D eigenvalue weighted by Gasteiger charge is -2.16. The van der Waals surface area contributed by atoms with Crippen LogP contribution < -0.4 is 5.73 Å². The molecule has 2 rings (SSSR count). The first-order valence-corrected chi connectivity index (χ1v) is 6.36. The van der Waals surface area contributed by atoms with Crippen LogP contribution in [0.1, 0.15) is 49.7 Å². The van der Waals surface area contributed by atoms with Crippen molar-refractivity contribution in [3.05, 3.63) is 47.1 Å². The van der Waals surface area contributed by atoms with Crippen molar-refractivity contribution in [2.24, 2.45) is 5.73 Å². The topological polar surface area (TPSA) is 64.9 Å². The van der Waals surface area contributed by atoms with Gasteiger partial charge in [0.25, 0.3) is 0 Å². The van der Waals surface area contributed by atoms with Gasteiger partial charge in [-0.2, -0.15) is 18.2 Å². The monoisotopic (exact) mass is 299 g/mol. The molecular formula is C14H16F3N3O. The average Bonchev–Trinajstić information content (AvgIpc) is 2.86. The molecule has 2 N–H and O–H groups in total. The molecule has 0 saturated carbocycles. The summed E-state index contributed by atoms with van der Waals surface area (Å²) in [5.41, 5.74) is 4.62. The molecule has 1 atom stereocenters. The van der Waals surface area contributed by atoms with Crippen molar-refractivity contribution >= 4 is 0 Å². The zero-order chi connectivity index (χ0) is 15.8.